The Morgan fingerprint density at radius 2 is 1.83 bits per heavy atom. The van der Waals surface area contributed by atoms with Crippen LogP contribution in [0, 0.1) is 11.6 Å². The van der Waals surface area contributed by atoms with Gasteiger partial charge in [0.15, 0.2) is 6.10 Å². The number of hydrogen-bond donors (Lipinski definition) is 1. The minimum atomic E-state index is -1.26. The molecule has 0 radical (unpaired) electrons. The number of ether oxygens (including phenoxy) is 1. The van der Waals surface area contributed by atoms with Crippen LogP contribution in [0.4, 0.5) is 14.5 Å². The zero-order chi connectivity index (χ0) is 17.9. The molecule has 0 heterocycles. The van der Waals surface area contributed by atoms with E-state index in [1.165, 1.54) is 25.1 Å². The molecule has 1 amide bonds. The zero-order valence-corrected chi connectivity index (χ0v) is 13.8. The van der Waals surface area contributed by atoms with E-state index in [4.69, 9.17) is 27.9 Å². The number of benzene rings is 2. The molecule has 24 heavy (non-hydrogen) atoms. The van der Waals surface area contributed by atoms with Gasteiger partial charge in [-0.05, 0) is 37.3 Å². The third-order valence-electron chi connectivity index (χ3n) is 3.01. The van der Waals surface area contributed by atoms with Crippen LogP contribution < -0.4 is 5.32 Å². The summed E-state index contributed by atoms with van der Waals surface area (Å²) in [6.07, 6.45) is -1.26. The maximum absolute atomic E-state index is 13.7. The van der Waals surface area contributed by atoms with E-state index in [0.29, 0.717) is 0 Å². The summed E-state index contributed by atoms with van der Waals surface area (Å²) in [7, 11) is 0. The Kier molecular flexibility index (Phi) is 5.75. The molecule has 1 N–H and O–H groups in total. The number of amides is 1. The summed E-state index contributed by atoms with van der Waals surface area (Å²) in [5.74, 6) is -3.22. The van der Waals surface area contributed by atoms with Gasteiger partial charge in [-0.1, -0.05) is 29.3 Å². The molecule has 0 bridgehead atoms. The fourth-order valence-electron chi connectivity index (χ4n) is 1.79. The van der Waals surface area contributed by atoms with Gasteiger partial charge >= 0.3 is 5.97 Å². The van der Waals surface area contributed by atoms with E-state index in [9.17, 15) is 18.4 Å². The van der Waals surface area contributed by atoms with Crippen molar-refractivity contribution < 1.29 is 23.1 Å². The summed E-state index contributed by atoms with van der Waals surface area (Å²) in [5, 5.41) is 2.24. The second-order valence-electron chi connectivity index (χ2n) is 4.76. The van der Waals surface area contributed by atoms with Crippen molar-refractivity contribution in [2.45, 2.75) is 13.0 Å². The van der Waals surface area contributed by atoms with Gasteiger partial charge in [0.25, 0.3) is 5.91 Å². The molecule has 0 saturated heterocycles. The molecule has 2 rings (SSSR count). The monoisotopic (exact) mass is 373 g/mol. The van der Waals surface area contributed by atoms with Crippen LogP contribution >= 0.6 is 23.2 Å². The standard InChI is InChI=1S/C16H11Cl2F2NO3/c1-8(15(22)21-13-6-5-9(19)7-11(13)18)24-16(23)14-10(17)3-2-4-12(14)20/h2-8H,1H3,(H,21,22). The smallest absolute Gasteiger partial charge is 0.343 e. The quantitative estimate of drug-likeness (QED) is 0.805. The highest BCUT2D eigenvalue weighted by molar-refractivity contribution is 6.34. The molecule has 4 nitrogen and oxygen atoms in total. The maximum Gasteiger partial charge on any atom is 0.343 e. The molecule has 0 spiro atoms. The van der Waals surface area contributed by atoms with Crippen molar-refractivity contribution in [1.82, 2.24) is 0 Å². The van der Waals surface area contributed by atoms with Gasteiger partial charge in [0, 0.05) is 0 Å². The Morgan fingerprint density at radius 3 is 2.46 bits per heavy atom. The fraction of sp³-hybridized carbons (Fsp3) is 0.125. The van der Waals surface area contributed by atoms with Gasteiger partial charge < -0.3 is 10.1 Å². The van der Waals surface area contributed by atoms with E-state index >= 15 is 0 Å². The van der Waals surface area contributed by atoms with Crippen LogP contribution in [-0.4, -0.2) is 18.0 Å². The normalized spacial score (nSPS) is 11.7. The van der Waals surface area contributed by atoms with E-state index < -0.39 is 35.2 Å². The van der Waals surface area contributed by atoms with Gasteiger partial charge in [0.05, 0.1) is 15.7 Å². The Hall–Kier alpha value is -2.18. The van der Waals surface area contributed by atoms with Crippen molar-refractivity contribution in [3.63, 3.8) is 0 Å². The Bertz CT molecular complexity index is 779. The lowest BCUT2D eigenvalue weighted by molar-refractivity contribution is -0.123. The third kappa shape index (κ3) is 4.21. The number of hydrogen-bond acceptors (Lipinski definition) is 3. The van der Waals surface area contributed by atoms with Crippen molar-refractivity contribution in [3.8, 4) is 0 Å². The van der Waals surface area contributed by atoms with Crippen LogP contribution in [0.25, 0.3) is 0 Å². The molecule has 0 fully saturated rings. The van der Waals surface area contributed by atoms with E-state index in [1.807, 2.05) is 0 Å². The summed E-state index contributed by atoms with van der Waals surface area (Å²) in [4.78, 5) is 24.0. The first kappa shape index (κ1) is 18.2. The van der Waals surface area contributed by atoms with Gasteiger partial charge in [-0.3, -0.25) is 4.79 Å². The molecule has 2 aromatic rings. The average molecular weight is 374 g/mol. The minimum absolute atomic E-state index is 0.0148. The number of carbonyl (C=O) groups is 2. The first-order valence-electron chi connectivity index (χ1n) is 6.70. The first-order valence-corrected chi connectivity index (χ1v) is 7.46. The van der Waals surface area contributed by atoms with E-state index in [1.54, 1.807) is 0 Å². The molecule has 0 aromatic heterocycles. The number of rotatable bonds is 4. The number of carbonyl (C=O) groups excluding carboxylic acids is 2. The Balaban J connectivity index is 2.07. The summed E-state index contributed by atoms with van der Waals surface area (Å²) in [5.41, 5.74) is -0.312. The summed E-state index contributed by atoms with van der Waals surface area (Å²) in [6.45, 7) is 1.29. The van der Waals surface area contributed by atoms with Gasteiger partial charge in [0.2, 0.25) is 0 Å². The Labute approximate surface area is 146 Å². The van der Waals surface area contributed by atoms with Crippen molar-refractivity contribution >= 4 is 40.8 Å². The lowest BCUT2D eigenvalue weighted by Crippen LogP contribution is -2.30. The highest BCUT2D eigenvalue weighted by Crippen LogP contribution is 2.23. The lowest BCUT2D eigenvalue weighted by Gasteiger charge is -2.15. The van der Waals surface area contributed by atoms with Crippen LogP contribution in [0.3, 0.4) is 0 Å². The average Bonchev–Trinajstić information content (AvgIpc) is 2.49. The zero-order valence-electron chi connectivity index (χ0n) is 12.3. The van der Waals surface area contributed by atoms with E-state index in [-0.39, 0.29) is 15.7 Å². The van der Waals surface area contributed by atoms with Crippen LogP contribution in [0.2, 0.25) is 10.0 Å². The third-order valence-corrected chi connectivity index (χ3v) is 3.64. The summed E-state index contributed by atoms with van der Waals surface area (Å²) in [6, 6.07) is 7.10. The Morgan fingerprint density at radius 1 is 1.12 bits per heavy atom. The van der Waals surface area contributed by atoms with Gasteiger partial charge in [-0.2, -0.15) is 0 Å². The molecule has 8 heteroatoms. The first-order chi connectivity index (χ1) is 11.3. The SMILES string of the molecule is CC(OC(=O)c1c(F)cccc1Cl)C(=O)Nc1ccc(F)cc1Cl. The molecule has 1 atom stereocenters. The van der Waals surface area contributed by atoms with Gasteiger partial charge in [-0.25, -0.2) is 13.6 Å². The van der Waals surface area contributed by atoms with E-state index in [2.05, 4.69) is 5.32 Å². The van der Waals surface area contributed by atoms with Crippen LogP contribution in [-0.2, 0) is 9.53 Å². The number of esters is 1. The summed E-state index contributed by atoms with van der Waals surface area (Å²) >= 11 is 11.6. The molecule has 1 unspecified atom stereocenters. The molecule has 0 aliphatic heterocycles. The van der Waals surface area contributed by atoms with Gasteiger partial charge in [0.1, 0.15) is 17.2 Å². The van der Waals surface area contributed by atoms with Crippen LogP contribution in [0.1, 0.15) is 17.3 Å². The second kappa shape index (κ2) is 7.59. The number of nitrogens with one attached hydrogen (secondary N) is 1. The van der Waals surface area contributed by atoms with Crippen LogP contribution in [0.15, 0.2) is 36.4 Å². The maximum atomic E-state index is 13.7. The van der Waals surface area contributed by atoms with Gasteiger partial charge in [-0.15, -0.1) is 0 Å². The molecule has 2 aromatic carbocycles. The predicted molar refractivity (Wildman–Crippen MR) is 86.3 cm³/mol. The minimum Gasteiger partial charge on any atom is -0.449 e. The fourth-order valence-corrected chi connectivity index (χ4v) is 2.25. The van der Waals surface area contributed by atoms with Crippen molar-refractivity contribution in [2.24, 2.45) is 0 Å². The molecule has 0 saturated carbocycles. The summed E-state index contributed by atoms with van der Waals surface area (Å²) < 4.78 is 31.5. The topological polar surface area (TPSA) is 55.4 Å². The molecule has 0 aliphatic rings. The molecule has 126 valence electrons. The predicted octanol–water partition coefficient (Wildman–Crippen LogP) is 4.46. The van der Waals surface area contributed by atoms with Crippen LogP contribution in [0.5, 0.6) is 0 Å². The molecular weight excluding hydrogens is 363 g/mol. The second-order valence-corrected chi connectivity index (χ2v) is 5.57. The molecule has 0 aliphatic carbocycles. The number of anilines is 1. The highest BCUT2D eigenvalue weighted by atomic mass is 35.5. The largest absolute Gasteiger partial charge is 0.449 e. The van der Waals surface area contributed by atoms with Crippen molar-refractivity contribution in [2.75, 3.05) is 5.32 Å². The van der Waals surface area contributed by atoms with E-state index in [0.717, 1.165) is 18.2 Å². The number of halogens is 4. The molecular formula is C16H11Cl2F2NO3. The lowest BCUT2D eigenvalue weighted by atomic mass is 10.2. The van der Waals surface area contributed by atoms with Crippen molar-refractivity contribution in [3.05, 3.63) is 63.6 Å². The highest BCUT2D eigenvalue weighted by Gasteiger charge is 2.23. The van der Waals surface area contributed by atoms with Crippen molar-refractivity contribution in [1.29, 1.82) is 0 Å².